The first-order chi connectivity index (χ1) is 11.0. The maximum absolute atomic E-state index is 12.0. The summed E-state index contributed by atoms with van der Waals surface area (Å²) in [4.78, 5) is 17.8. The topological polar surface area (TPSA) is 51.2 Å². The number of hydrogen-bond acceptors (Lipinski definition) is 4. The van der Waals surface area contributed by atoms with Crippen molar-refractivity contribution in [1.82, 2.24) is 4.98 Å². The normalized spacial score (nSPS) is 16.7. The molecule has 0 saturated heterocycles. The number of nitrogens with one attached hydrogen (secondary N) is 1. The molecule has 1 N–H and O–H groups in total. The second-order valence-corrected chi connectivity index (χ2v) is 7.48. The Morgan fingerprint density at radius 3 is 3.13 bits per heavy atom. The Balaban J connectivity index is 1.56. The number of anilines is 1. The van der Waals surface area contributed by atoms with E-state index in [1.807, 2.05) is 13.0 Å². The number of rotatable bonds is 4. The lowest BCUT2D eigenvalue weighted by atomic mass is 9.93. The lowest BCUT2D eigenvalue weighted by Crippen LogP contribution is -2.20. The van der Waals surface area contributed by atoms with Gasteiger partial charge in [0, 0.05) is 9.90 Å². The van der Waals surface area contributed by atoms with Crippen LogP contribution in [-0.4, -0.2) is 17.5 Å². The zero-order valence-corrected chi connectivity index (χ0v) is 14.8. The van der Waals surface area contributed by atoms with E-state index in [9.17, 15) is 4.79 Å². The molecule has 1 aromatic carbocycles. The Bertz CT molecular complexity index is 729. The van der Waals surface area contributed by atoms with E-state index in [1.165, 1.54) is 11.3 Å². The van der Waals surface area contributed by atoms with Gasteiger partial charge in [-0.15, -0.1) is 11.3 Å². The van der Waals surface area contributed by atoms with Crippen molar-refractivity contribution >= 4 is 34.0 Å². The van der Waals surface area contributed by atoms with Gasteiger partial charge in [0.25, 0.3) is 5.91 Å². The zero-order chi connectivity index (χ0) is 16.4. The van der Waals surface area contributed by atoms with Crippen LogP contribution in [0.25, 0.3) is 0 Å². The third-order valence-electron chi connectivity index (χ3n) is 3.93. The molecule has 0 fully saturated rings. The Kier molecular flexibility index (Phi) is 4.87. The van der Waals surface area contributed by atoms with Crippen LogP contribution in [0.3, 0.4) is 0 Å². The van der Waals surface area contributed by atoms with Crippen molar-refractivity contribution < 1.29 is 9.53 Å². The third kappa shape index (κ3) is 4.03. The Hall–Kier alpha value is -1.59. The van der Waals surface area contributed by atoms with E-state index in [0.717, 1.165) is 24.1 Å². The summed E-state index contributed by atoms with van der Waals surface area (Å²) in [5, 5.41) is 4.18. The summed E-state index contributed by atoms with van der Waals surface area (Å²) in [5.41, 5.74) is 2.06. The molecule has 0 unspecified atom stereocenters. The minimum absolute atomic E-state index is 0.0400. The summed E-state index contributed by atoms with van der Waals surface area (Å²) >= 11 is 7.55. The number of thiazole rings is 1. The number of carbonyl (C=O) groups is 1. The number of aryl methyl sites for hydroxylation is 2. The van der Waals surface area contributed by atoms with Gasteiger partial charge in [0.05, 0.1) is 5.69 Å². The molecule has 0 radical (unpaired) electrons. The molecule has 6 heteroatoms. The first-order valence-electron chi connectivity index (χ1n) is 7.68. The van der Waals surface area contributed by atoms with E-state index in [-0.39, 0.29) is 12.5 Å². The summed E-state index contributed by atoms with van der Waals surface area (Å²) < 4.78 is 5.50. The van der Waals surface area contributed by atoms with Crippen molar-refractivity contribution in [2.45, 2.75) is 33.1 Å². The van der Waals surface area contributed by atoms with Gasteiger partial charge < -0.3 is 4.74 Å². The van der Waals surface area contributed by atoms with E-state index >= 15 is 0 Å². The van der Waals surface area contributed by atoms with Crippen molar-refractivity contribution in [2.24, 2.45) is 5.92 Å². The maximum Gasteiger partial charge on any atom is 0.264 e. The Labute approximate surface area is 144 Å². The number of ether oxygens (including phenoxy) is 1. The van der Waals surface area contributed by atoms with Crippen molar-refractivity contribution in [3.63, 3.8) is 0 Å². The van der Waals surface area contributed by atoms with Crippen molar-refractivity contribution in [3.05, 3.63) is 39.4 Å². The molecule has 2 aromatic rings. The Morgan fingerprint density at radius 2 is 2.35 bits per heavy atom. The molecule has 1 amide bonds. The van der Waals surface area contributed by atoms with Gasteiger partial charge in [0.2, 0.25) is 0 Å². The second kappa shape index (κ2) is 6.89. The highest BCUT2D eigenvalue weighted by Crippen LogP contribution is 2.32. The SMILES string of the molecule is Cc1cc(OCC(=O)Nc2nc3c(s2)C[C@@H](C)CC3)ccc1Cl. The fourth-order valence-corrected chi connectivity index (χ4v) is 3.91. The van der Waals surface area contributed by atoms with Gasteiger partial charge in [-0.3, -0.25) is 10.1 Å². The van der Waals surface area contributed by atoms with Gasteiger partial charge in [-0.25, -0.2) is 4.98 Å². The maximum atomic E-state index is 12.0. The average Bonchev–Trinajstić information content (AvgIpc) is 2.89. The Morgan fingerprint density at radius 1 is 1.52 bits per heavy atom. The molecule has 122 valence electrons. The predicted octanol–water partition coefficient (Wildman–Crippen LogP) is 4.25. The average molecular weight is 351 g/mol. The molecule has 23 heavy (non-hydrogen) atoms. The number of amides is 1. The second-order valence-electron chi connectivity index (χ2n) is 5.98. The number of nitrogens with zero attached hydrogens (tertiary/aromatic N) is 1. The summed E-state index contributed by atoms with van der Waals surface area (Å²) in [6.07, 6.45) is 3.23. The fraction of sp³-hybridized carbons (Fsp3) is 0.412. The van der Waals surface area contributed by atoms with Gasteiger partial charge in [-0.2, -0.15) is 0 Å². The number of hydrogen-bond donors (Lipinski definition) is 1. The van der Waals surface area contributed by atoms with Crippen LogP contribution in [0.1, 0.15) is 29.5 Å². The predicted molar refractivity (Wildman–Crippen MR) is 93.6 cm³/mol. The molecular weight excluding hydrogens is 332 g/mol. The van der Waals surface area contributed by atoms with Crippen LogP contribution in [0, 0.1) is 12.8 Å². The summed E-state index contributed by atoms with van der Waals surface area (Å²) in [5.74, 6) is 1.13. The molecule has 1 atom stereocenters. The van der Waals surface area contributed by atoms with Crippen LogP contribution in [0.5, 0.6) is 5.75 Å². The van der Waals surface area contributed by atoms with Crippen LogP contribution in [0.15, 0.2) is 18.2 Å². The molecule has 1 heterocycles. The molecule has 1 aliphatic rings. The van der Waals surface area contributed by atoms with Gasteiger partial charge in [0.15, 0.2) is 11.7 Å². The van der Waals surface area contributed by atoms with E-state index < -0.39 is 0 Å². The molecule has 0 aliphatic heterocycles. The molecular formula is C17H19ClN2O2S. The summed E-state index contributed by atoms with van der Waals surface area (Å²) in [6.45, 7) is 4.11. The highest BCUT2D eigenvalue weighted by molar-refractivity contribution is 7.15. The number of carbonyl (C=O) groups excluding carboxylic acids is 1. The van der Waals surface area contributed by atoms with Gasteiger partial charge in [0.1, 0.15) is 5.75 Å². The highest BCUT2D eigenvalue weighted by Gasteiger charge is 2.20. The lowest BCUT2D eigenvalue weighted by molar-refractivity contribution is -0.118. The van der Waals surface area contributed by atoms with E-state index in [1.54, 1.807) is 23.5 Å². The highest BCUT2D eigenvalue weighted by atomic mass is 35.5. The number of benzene rings is 1. The molecule has 1 aromatic heterocycles. The monoisotopic (exact) mass is 350 g/mol. The first-order valence-corrected chi connectivity index (χ1v) is 8.88. The molecule has 3 rings (SSSR count). The minimum atomic E-state index is -0.197. The molecule has 0 saturated carbocycles. The smallest absolute Gasteiger partial charge is 0.264 e. The van der Waals surface area contributed by atoms with Gasteiger partial charge >= 0.3 is 0 Å². The minimum Gasteiger partial charge on any atom is -0.484 e. The van der Waals surface area contributed by atoms with Crippen molar-refractivity contribution in [1.29, 1.82) is 0 Å². The van der Waals surface area contributed by atoms with Crippen LogP contribution in [0.2, 0.25) is 5.02 Å². The molecule has 0 spiro atoms. The van der Waals surface area contributed by atoms with E-state index in [2.05, 4.69) is 17.2 Å². The van der Waals surface area contributed by atoms with Crippen LogP contribution < -0.4 is 10.1 Å². The summed E-state index contributed by atoms with van der Waals surface area (Å²) in [6, 6.07) is 5.34. The van der Waals surface area contributed by atoms with Crippen LogP contribution in [-0.2, 0) is 17.6 Å². The lowest BCUT2D eigenvalue weighted by Gasteiger charge is -2.15. The fourth-order valence-electron chi connectivity index (χ4n) is 2.60. The number of fused-ring (bicyclic) bond motifs is 1. The largest absolute Gasteiger partial charge is 0.484 e. The molecule has 0 bridgehead atoms. The summed E-state index contributed by atoms with van der Waals surface area (Å²) in [7, 11) is 0. The standard InChI is InChI=1S/C17H19ClN2O2S/c1-10-3-6-14-15(7-10)23-17(19-14)20-16(21)9-22-12-4-5-13(18)11(2)8-12/h4-5,8,10H,3,6-7,9H2,1-2H3,(H,19,20,21)/t10-/m0/s1. The van der Waals surface area contributed by atoms with Crippen molar-refractivity contribution in [3.8, 4) is 5.75 Å². The van der Waals surface area contributed by atoms with Crippen molar-refractivity contribution in [2.75, 3.05) is 11.9 Å². The van der Waals surface area contributed by atoms with Crippen LogP contribution >= 0.6 is 22.9 Å². The third-order valence-corrected chi connectivity index (χ3v) is 5.39. The van der Waals surface area contributed by atoms with Gasteiger partial charge in [-0.1, -0.05) is 18.5 Å². The first kappa shape index (κ1) is 16.3. The van der Waals surface area contributed by atoms with E-state index in [4.69, 9.17) is 16.3 Å². The van der Waals surface area contributed by atoms with Crippen LogP contribution in [0.4, 0.5) is 5.13 Å². The molecule has 4 nitrogen and oxygen atoms in total. The number of halogens is 1. The number of aromatic nitrogens is 1. The zero-order valence-electron chi connectivity index (χ0n) is 13.2. The van der Waals surface area contributed by atoms with E-state index in [0.29, 0.717) is 21.8 Å². The molecule has 1 aliphatic carbocycles. The van der Waals surface area contributed by atoms with Gasteiger partial charge in [-0.05, 0) is 55.9 Å². The quantitative estimate of drug-likeness (QED) is 0.896.